The summed E-state index contributed by atoms with van der Waals surface area (Å²) in [5.41, 5.74) is 2.65. The molecule has 192 valence electrons. The highest BCUT2D eigenvalue weighted by molar-refractivity contribution is 5.98. The van der Waals surface area contributed by atoms with E-state index in [9.17, 15) is 9.59 Å². The van der Waals surface area contributed by atoms with Gasteiger partial charge in [-0.1, -0.05) is 13.8 Å². The Morgan fingerprint density at radius 1 is 1.26 bits per heavy atom. The molecule has 4 aliphatic rings. The first-order valence-electron chi connectivity index (χ1n) is 13.6. The number of carbonyl (C=O) groups excluding carboxylic acids is 2. The van der Waals surface area contributed by atoms with Crippen molar-refractivity contribution in [2.45, 2.75) is 76.9 Å². The van der Waals surface area contributed by atoms with Crippen LogP contribution in [0.2, 0.25) is 0 Å². The number of hydrogen-bond acceptors (Lipinski definition) is 6. The van der Waals surface area contributed by atoms with Gasteiger partial charge in [0.2, 0.25) is 5.91 Å². The van der Waals surface area contributed by atoms with Crippen molar-refractivity contribution in [3.05, 3.63) is 23.5 Å². The quantitative estimate of drug-likeness (QED) is 0.591. The summed E-state index contributed by atoms with van der Waals surface area (Å²) in [5.74, 6) is 0.933. The zero-order valence-electron chi connectivity index (χ0n) is 21.5. The maximum absolute atomic E-state index is 14.0. The number of ether oxygens (including phenoxy) is 1. The van der Waals surface area contributed by atoms with E-state index in [1.54, 1.807) is 0 Å². The van der Waals surface area contributed by atoms with Crippen LogP contribution in [0.4, 0.5) is 5.69 Å². The van der Waals surface area contributed by atoms with Crippen molar-refractivity contribution in [2.24, 2.45) is 11.8 Å². The van der Waals surface area contributed by atoms with E-state index < -0.39 is 0 Å². The van der Waals surface area contributed by atoms with E-state index in [2.05, 4.69) is 30.5 Å². The summed E-state index contributed by atoms with van der Waals surface area (Å²) in [4.78, 5) is 36.1. The summed E-state index contributed by atoms with van der Waals surface area (Å²) in [6.07, 6.45) is 7.30. The zero-order chi connectivity index (χ0) is 24.5. The van der Waals surface area contributed by atoms with Crippen molar-refractivity contribution in [1.82, 2.24) is 20.1 Å². The molecule has 2 amide bonds. The summed E-state index contributed by atoms with van der Waals surface area (Å²) in [7, 11) is 0. The molecule has 5 rings (SSSR count). The Morgan fingerprint density at radius 3 is 2.74 bits per heavy atom. The maximum Gasteiger partial charge on any atom is 0.274 e. The first-order valence-corrected chi connectivity index (χ1v) is 13.6. The molecule has 3 atom stereocenters. The van der Waals surface area contributed by atoms with Gasteiger partial charge in [-0.05, 0) is 62.5 Å². The minimum absolute atomic E-state index is 0.0242. The third kappa shape index (κ3) is 5.80. The molecule has 2 aliphatic heterocycles. The van der Waals surface area contributed by atoms with E-state index >= 15 is 0 Å². The number of hydrogen-bond donors (Lipinski definition) is 2. The molecule has 35 heavy (non-hydrogen) atoms. The summed E-state index contributed by atoms with van der Waals surface area (Å²) in [5, 5.41) is 7.04. The smallest absolute Gasteiger partial charge is 0.274 e. The lowest BCUT2D eigenvalue weighted by Gasteiger charge is -2.41. The first-order chi connectivity index (χ1) is 16.9. The van der Waals surface area contributed by atoms with E-state index in [1.165, 1.54) is 18.4 Å². The summed E-state index contributed by atoms with van der Waals surface area (Å²) < 4.78 is 5.53. The highest BCUT2D eigenvalue weighted by Gasteiger charge is 2.38. The molecule has 1 aromatic heterocycles. The molecule has 2 saturated heterocycles. The van der Waals surface area contributed by atoms with E-state index in [4.69, 9.17) is 9.72 Å². The third-order valence-corrected chi connectivity index (χ3v) is 7.69. The van der Waals surface area contributed by atoms with Crippen molar-refractivity contribution in [1.29, 1.82) is 0 Å². The van der Waals surface area contributed by atoms with Gasteiger partial charge in [-0.2, -0.15) is 0 Å². The highest BCUT2D eigenvalue weighted by atomic mass is 16.5. The molecule has 0 spiro atoms. The number of piperidine rings is 1. The molecule has 0 radical (unpaired) electrons. The molecule has 8 heteroatoms. The van der Waals surface area contributed by atoms with Crippen LogP contribution in [0.3, 0.4) is 0 Å². The SMILES string of the molecule is CC(C)CN(C(=O)c1ncc(C2CC2)cc1NC1CC1)C1CNCC(C(=O)N2CCOC[C@@H]2C)C1. The molecular formula is C27H41N5O3. The predicted octanol–water partition coefficient (Wildman–Crippen LogP) is 2.86. The molecule has 2 N–H and O–H groups in total. The Labute approximate surface area is 209 Å². The molecule has 8 nitrogen and oxygen atoms in total. The zero-order valence-corrected chi connectivity index (χ0v) is 21.5. The fraction of sp³-hybridized carbons (Fsp3) is 0.741. The van der Waals surface area contributed by atoms with Gasteiger partial charge in [0.25, 0.3) is 5.91 Å². The van der Waals surface area contributed by atoms with Crippen molar-refractivity contribution < 1.29 is 14.3 Å². The van der Waals surface area contributed by atoms with Crippen LogP contribution >= 0.6 is 0 Å². The van der Waals surface area contributed by atoms with Crippen LogP contribution in [-0.4, -0.2) is 84.1 Å². The number of aromatic nitrogens is 1. The Kier molecular flexibility index (Phi) is 7.30. The van der Waals surface area contributed by atoms with Gasteiger partial charge in [-0.25, -0.2) is 4.98 Å². The lowest BCUT2D eigenvalue weighted by molar-refractivity contribution is -0.144. The molecular weight excluding hydrogens is 442 g/mol. The van der Waals surface area contributed by atoms with Crippen LogP contribution in [0.25, 0.3) is 0 Å². The second-order valence-corrected chi connectivity index (χ2v) is 11.4. The average Bonchev–Trinajstić information content (AvgIpc) is 3.77. The Bertz CT molecular complexity index is 929. The Morgan fingerprint density at radius 2 is 2.06 bits per heavy atom. The van der Waals surface area contributed by atoms with Crippen molar-refractivity contribution in [3.8, 4) is 0 Å². The van der Waals surface area contributed by atoms with Crippen molar-refractivity contribution in [2.75, 3.05) is 44.7 Å². The number of anilines is 1. The second-order valence-electron chi connectivity index (χ2n) is 11.4. The van der Waals surface area contributed by atoms with Crippen LogP contribution in [-0.2, 0) is 9.53 Å². The summed E-state index contributed by atoms with van der Waals surface area (Å²) in [6, 6.07) is 2.66. The van der Waals surface area contributed by atoms with Gasteiger partial charge < -0.3 is 25.2 Å². The van der Waals surface area contributed by atoms with E-state index in [0.717, 1.165) is 18.5 Å². The number of morpholine rings is 1. The van der Waals surface area contributed by atoms with Gasteiger partial charge in [0.05, 0.1) is 30.9 Å². The number of amides is 2. The minimum Gasteiger partial charge on any atom is -0.380 e. The second kappa shape index (κ2) is 10.4. The lowest BCUT2D eigenvalue weighted by atomic mass is 9.92. The van der Waals surface area contributed by atoms with Gasteiger partial charge in [0.15, 0.2) is 5.69 Å². The monoisotopic (exact) mass is 483 g/mol. The highest BCUT2D eigenvalue weighted by Crippen LogP contribution is 2.41. The fourth-order valence-electron chi connectivity index (χ4n) is 5.41. The van der Waals surface area contributed by atoms with Crippen LogP contribution in [0, 0.1) is 11.8 Å². The Balaban J connectivity index is 1.35. The molecule has 4 fully saturated rings. The average molecular weight is 484 g/mol. The third-order valence-electron chi connectivity index (χ3n) is 7.69. The van der Waals surface area contributed by atoms with Crippen LogP contribution in [0.1, 0.15) is 74.8 Å². The van der Waals surface area contributed by atoms with Gasteiger partial charge in [0.1, 0.15) is 0 Å². The largest absolute Gasteiger partial charge is 0.380 e. The standard InChI is InChI=1S/C27H41N5O3/c1-17(2)15-32(23-10-21(12-28-14-23)26(33)31-8-9-35-16-18(31)3)27(34)25-24(30-22-6-7-22)11-20(13-29-25)19-4-5-19/h11,13,17-19,21-23,28,30H,4-10,12,14-16H2,1-3H3/t18-,21?,23?/m0/s1. The van der Waals surface area contributed by atoms with E-state index in [1.807, 2.05) is 22.9 Å². The van der Waals surface area contributed by atoms with Gasteiger partial charge in [0, 0.05) is 44.5 Å². The Hall–Kier alpha value is -2.19. The number of nitrogens with one attached hydrogen (secondary N) is 2. The van der Waals surface area contributed by atoms with Gasteiger partial charge >= 0.3 is 0 Å². The van der Waals surface area contributed by atoms with Crippen LogP contribution in [0.15, 0.2) is 12.3 Å². The lowest BCUT2D eigenvalue weighted by Crippen LogP contribution is -2.57. The van der Waals surface area contributed by atoms with E-state index in [-0.39, 0.29) is 29.8 Å². The number of carbonyl (C=O) groups is 2. The van der Waals surface area contributed by atoms with Crippen LogP contribution in [0.5, 0.6) is 0 Å². The summed E-state index contributed by atoms with van der Waals surface area (Å²) >= 11 is 0. The number of rotatable bonds is 8. The topological polar surface area (TPSA) is 86.8 Å². The fourth-order valence-corrected chi connectivity index (χ4v) is 5.41. The van der Waals surface area contributed by atoms with Crippen LogP contribution < -0.4 is 10.6 Å². The molecule has 2 saturated carbocycles. The molecule has 2 unspecified atom stereocenters. The normalized spacial score (nSPS) is 27.1. The van der Waals surface area contributed by atoms with Gasteiger partial charge in [-0.3, -0.25) is 9.59 Å². The van der Waals surface area contributed by atoms with Crippen molar-refractivity contribution in [3.63, 3.8) is 0 Å². The predicted molar refractivity (Wildman–Crippen MR) is 135 cm³/mol. The first kappa shape index (κ1) is 24.5. The maximum atomic E-state index is 14.0. The molecule has 0 bridgehead atoms. The number of nitrogens with zero attached hydrogens (tertiary/aromatic N) is 3. The van der Waals surface area contributed by atoms with E-state index in [0.29, 0.717) is 69.4 Å². The van der Waals surface area contributed by atoms with Crippen molar-refractivity contribution >= 4 is 17.5 Å². The minimum atomic E-state index is -0.133. The number of pyridine rings is 1. The molecule has 0 aromatic carbocycles. The summed E-state index contributed by atoms with van der Waals surface area (Å²) in [6.45, 7) is 10.2. The molecule has 2 aliphatic carbocycles. The molecule has 3 heterocycles. The molecule has 1 aromatic rings. The van der Waals surface area contributed by atoms with Gasteiger partial charge in [-0.15, -0.1) is 0 Å².